The van der Waals surface area contributed by atoms with Gasteiger partial charge in [-0.3, -0.25) is 0 Å². The summed E-state index contributed by atoms with van der Waals surface area (Å²) in [5.41, 5.74) is 0. The summed E-state index contributed by atoms with van der Waals surface area (Å²) in [6, 6.07) is 0. The molecule has 0 N–H and O–H groups in total. The second-order valence-electron chi connectivity index (χ2n) is 2.26. The summed E-state index contributed by atoms with van der Waals surface area (Å²) in [6.45, 7) is 0. The topological polar surface area (TPSA) is 18.5 Å². The number of alkyl halides is 1. The molecule has 11 heavy (non-hydrogen) atoms. The van der Waals surface area contributed by atoms with Crippen molar-refractivity contribution in [1.29, 1.82) is 0 Å². The van der Waals surface area contributed by atoms with Crippen molar-refractivity contribution in [3.63, 3.8) is 0 Å². The van der Waals surface area contributed by atoms with E-state index in [0.717, 1.165) is 6.42 Å². The number of hydrogen-bond donors (Lipinski definition) is 0. The molecule has 0 fully saturated rings. The average Bonchev–Trinajstić information content (AvgIpc) is 2.05. The molecule has 0 saturated carbocycles. The Hall–Kier alpha value is -0.470. The lowest BCUT2D eigenvalue weighted by atomic mass is 10.1. The Morgan fingerprint density at radius 3 is 2.73 bits per heavy atom. The minimum atomic E-state index is -0.882. The van der Waals surface area contributed by atoms with Gasteiger partial charge in [0.15, 0.2) is 0 Å². The molecule has 1 rings (SSSR count). The van der Waals surface area contributed by atoms with Crippen LogP contribution in [0.15, 0.2) is 24.0 Å². The minimum Gasteiger partial charge on any atom is -0.497 e. The molecular weight excluding hydrogens is 164 g/mol. The van der Waals surface area contributed by atoms with Gasteiger partial charge in [-0.1, -0.05) is 17.7 Å². The second kappa shape index (κ2) is 3.28. The maximum Gasteiger partial charge on any atom is 0.217 e. The second-order valence-corrected chi connectivity index (χ2v) is 2.82. The minimum absolute atomic E-state index is 0.657. The van der Waals surface area contributed by atoms with Crippen LogP contribution in [0.5, 0.6) is 0 Å². The van der Waals surface area contributed by atoms with Crippen LogP contribution in [0.25, 0.3) is 0 Å². The van der Waals surface area contributed by atoms with Crippen LogP contribution in [0.1, 0.15) is 6.42 Å². The molecule has 1 unspecified atom stereocenters. The SMILES string of the molecule is COC1=CCC=CC1(Cl)OC. The first-order valence-electron chi connectivity index (χ1n) is 3.39. The summed E-state index contributed by atoms with van der Waals surface area (Å²) in [7, 11) is 3.14. The van der Waals surface area contributed by atoms with Gasteiger partial charge in [-0.25, -0.2) is 0 Å². The standard InChI is InChI=1S/C8H11ClO2/c1-10-7-5-3-4-6-8(7,9)11-2/h4-6H,3H2,1-2H3. The highest BCUT2D eigenvalue weighted by Crippen LogP contribution is 2.31. The zero-order valence-electron chi connectivity index (χ0n) is 6.63. The van der Waals surface area contributed by atoms with Gasteiger partial charge in [0.25, 0.3) is 0 Å². The monoisotopic (exact) mass is 174 g/mol. The number of methoxy groups -OCH3 is 2. The van der Waals surface area contributed by atoms with Crippen LogP contribution in [0.3, 0.4) is 0 Å². The summed E-state index contributed by atoms with van der Waals surface area (Å²) in [5, 5.41) is -0.882. The fraction of sp³-hybridized carbons (Fsp3) is 0.500. The highest BCUT2D eigenvalue weighted by Gasteiger charge is 2.31. The van der Waals surface area contributed by atoms with Crippen LogP contribution in [0.4, 0.5) is 0 Å². The Balaban J connectivity index is 2.83. The van der Waals surface area contributed by atoms with Gasteiger partial charge in [-0.15, -0.1) is 0 Å². The first-order valence-corrected chi connectivity index (χ1v) is 3.77. The molecule has 3 heteroatoms. The van der Waals surface area contributed by atoms with E-state index in [1.54, 1.807) is 20.3 Å². The van der Waals surface area contributed by atoms with Gasteiger partial charge >= 0.3 is 0 Å². The Labute approximate surface area is 71.4 Å². The van der Waals surface area contributed by atoms with Crippen molar-refractivity contribution in [3.05, 3.63) is 24.0 Å². The smallest absolute Gasteiger partial charge is 0.217 e. The van der Waals surface area contributed by atoms with Gasteiger partial charge in [0.2, 0.25) is 5.06 Å². The lowest BCUT2D eigenvalue weighted by molar-refractivity contribution is 0.0775. The zero-order valence-corrected chi connectivity index (χ0v) is 7.39. The molecule has 0 aliphatic heterocycles. The summed E-state index contributed by atoms with van der Waals surface area (Å²) in [5.74, 6) is 0.657. The van der Waals surface area contributed by atoms with Gasteiger partial charge < -0.3 is 9.47 Å². The third-order valence-corrected chi connectivity index (χ3v) is 2.09. The fourth-order valence-electron chi connectivity index (χ4n) is 1.01. The van der Waals surface area contributed by atoms with Crippen molar-refractivity contribution in [2.75, 3.05) is 14.2 Å². The molecule has 62 valence electrons. The molecule has 1 atom stereocenters. The molecule has 2 nitrogen and oxygen atoms in total. The third-order valence-electron chi connectivity index (χ3n) is 1.62. The van der Waals surface area contributed by atoms with Gasteiger partial charge in [-0.2, -0.15) is 0 Å². The van der Waals surface area contributed by atoms with E-state index in [-0.39, 0.29) is 0 Å². The lowest BCUT2D eigenvalue weighted by Crippen LogP contribution is -2.26. The van der Waals surface area contributed by atoms with E-state index in [1.165, 1.54) is 0 Å². The summed E-state index contributed by atoms with van der Waals surface area (Å²) in [4.78, 5) is 0. The van der Waals surface area contributed by atoms with Crippen molar-refractivity contribution in [3.8, 4) is 0 Å². The van der Waals surface area contributed by atoms with Crippen molar-refractivity contribution < 1.29 is 9.47 Å². The van der Waals surface area contributed by atoms with Crippen LogP contribution in [0, 0.1) is 0 Å². The molecule has 0 saturated heterocycles. The summed E-state index contributed by atoms with van der Waals surface area (Å²) >= 11 is 6.02. The van der Waals surface area contributed by atoms with Gasteiger partial charge in [0.1, 0.15) is 5.76 Å². The van der Waals surface area contributed by atoms with Crippen molar-refractivity contribution in [2.24, 2.45) is 0 Å². The predicted molar refractivity (Wildman–Crippen MR) is 44.4 cm³/mol. The highest BCUT2D eigenvalue weighted by atomic mass is 35.5. The molecular formula is C8H11ClO2. The first-order chi connectivity index (χ1) is 5.23. The third kappa shape index (κ3) is 1.57. The number of halogens is 1. The molecule has 0 aromatic rings. The summed E-state index contributed by atoms with van der Waals surface area (Å²) < 4.78 is 10.1. The predicted octanol–water partition coefficient (Wildman–Crippen LogP) is 2.06. The quantitative estimate of drug-likeness (QED) is 0.471. The molecule has 0 radical (unpaired) electrons. The van der Waals surface area contributed by atoms with E-state index in [0.29, 0.717) is 5.76 Å². The van der Waals surface area contributed by atoms with E-state index in [9.17, 15) is 0 Å². The first kappa shape index (κ1) is 8.62. The molecule has 0 amide bonds. The maximum absolute atomic E-state index is 6.02. The molecule has 1 aliphatic carbocycles. The molecule has 0 spiro atoms. The van der Waals surface area contributed by atoms with Crippen LogP contribution >= 0.6 is 11.6 Å². The normalized spacial score (nSPS) is 29.9. The van der Waals surface area contributed by atoms with Gasteiger partial charge in [0, 0.05) is 7.11 Å². The summed E-state index contributed by atoms with van der Waals surface area (Å²) in [6.07, 6.45) is 6.48. The van der Waals surface area contributed by atoms with E-state index in [1.807, 2.05) is 12.2 Å². The number of rotatable bonds is 2. The van der Waals surface area contributed by atoms with Crippen LogP contribution in [0.2, 0.25) is 0 Å². The van der Waals surface area contributed by atoms with Crippen molar-refractivity contribution in [2.45, 2.75) is 11.5 Å². The highest BCUT2D eigenvalue weighted by molar-refractivity contribution is 6.26. The maximum atomic E-state index is 6.02. The molecule has 1 aliphatic rings. The number of ether oxygens (including phenoxy) is 2. The average molecular weight is 175 g/mol. The Bertz CT molecular complexity index is 198. The molecule has 0 aromatic carbocycles. The largest absolute Gasteiger partial charge is 0.497 e. The Kier molecular flexibility index (Phi) is 2.58. The number of allylic oxidation sites excluding steroid dienone is 2. The Morgan fingerprint density at radius 1 is 1.55 bits per heavy atom. The van der Waals surface area contributed by atoms with Gasteiger partial charge in [0.05, 0.1) is 7.11 Å². The number of hydrogen-bond acceptors (Lipinski definition) is 2. The fourth-order valence-corrected chi connectivity index (χ4v) is 1.25. The lowest BCUT2D eigenvalue weighted by Gasteiger charge is -2.25. The van der Waals surface area contributed by atoms with E-state index >= 15 is 0 Å². The zero-order chi connectivity index (χ0) is 8.32. The van der Waals surface area contributed by atoms with E-state index in [2.05, 4.69) is 0 Å². The van der Waals surface area contributed by atoms with Gasteiger partial charge in [-0.05, 0) is 18.6 Å². The van der Waals surface area contributed by atoms with E-state index < -0.39 is 5.06 Å². The van der Waals surface area contributed by atoms with Crippen molar-refractivity contribution in [1.82, 2.24) is 0 Å². The molecule has 0 bridgehead atoms. The van der Waals surface area contributed by atoms with Crippen LogP contribution < -0.4 is 0 Å². The molecule has 0 heterocycles. The van der Waals surface area contributed by atoms with Crippen molar-refractivity contribution >= 4 is 11.6 Å². The van der Waals surface area contributed by atoms with Crippen LogP contribution in [-0.4, -0.2) is 19.3 Å². The van der Waals surface area contributed by atoms with Crippen LogP contribution in [-0.2, 0) is 9.47 Å². The molecule has 0 aromatic heterocycles. The Morgan fingerprint density at radius 2 is 2.27 bits per heavy atom. The van der Waals surface area contributed by atoms with E-state index in [4.69, 9.17) is 21.1 Å².